The molecule has 3 aromatic rings. The summed E-state index contributed by atoms with van der Waals surface area (Å²) in [6.45, 7) is 0.843. The Kier molecular flexibility index (Phi) is 5.72. The third-order valence-electron chi connectivity index (χ3n) is 4.41. The van der Waals surface area contributed by atoms with Crippen LogP contribution in [-0.4, -0.2) is 52.8 Å². The van der Waals surface area contributed by atoms with Crippen LogP contribution in [0.5, 0.6) is 0 Å². The van der Waals surface area contributed by atoms with E-state index in [1.165, 1.54) is 39.6 Å². The number of amides is 1. The molecule has 7 nitrogen and oxygen atoms in total. The van der Waals surface area contributed by atoms with E-state index >= 15 is 0 Å². The van der Waals surface area contributed by atoms with Crippen molar-refractivity contribution in [2.75, 3.05) is 29.9 Å². The molecule has 1 amide bonds. The summed E-state index contributed by atoms with van der Waals surface area (Å²) in [4.78, 5) is 16.7. The zero-order valence-electron chi connectivity index (χ0n) is 15.1. The summed E-state index contributed by atoms with van der Waals surface area (Å²) >= 11 is 2.75. The zero-order chi connectivity index (χ0) is 20.4. The van der Waals surface area contributed by atoms with Crippen molar-refractivity contribution in [2.45, 2.75) is 4.90 Å². The van der Waals surface area contributed by atoms with Crippen LogP contribution >= 0.6 is 23.1 Å². The van der Waals surface area contributed by atoms with Crippen LogP contribution in [0.3, 0.4) is 0 Å². The van der Waals surface area contributed by atoms with Crippen molar-refractivity contribution in [2.24, 2.45) is 0 Å². The average Bonchev–Trinajstić information content (AvgIpc) is 3.41. The molecule has 0 aliphatic carbocycles. The molecule has 1 N–H and O–H groups in total. The van der Waals surface area contributed by atoms with Crippen molar-refractivity contribution in [3.8, 4) is 5.69 Å². The molecule has 1 aliphatic heterocycles. The van der Waals surface area contributed by atoms with E-state index in [2.05, 4.69) is 10.3 Å². The smallest absolute Gasteiger partial charge is 0.267 e. The van der Waals surface area contributed by atoms with Crippen LogP contribution in [0.1, 0.15) is 9.67 Å². The lowest BCUT2D eigenvalue weighted by Crippen LogP contribution is -2.38. The molecule has 0 radical (unpaired) electrons. The van der Waals surface area contributed by atoms with Gasteiger partial charge in [-0.2, -0.15) is 16.1 Å². The van der Waals surface area contributed by atoms with Gasteiger partial charge in [-0.25, -0.2) is 17.8 Å². The number of nitrogens with one attached hydrogen (secondary N) is 1. The number of aromatic nitrogens is 2. The Morgan fingerprint density at radius 3 is 2.69 bits per heavy atom. The molecule has 0 saturated carbocycles. The fourth-order valence-corrected chi connectivity index (χ4v) is 6.85. The average molecular weight is 453 g/mol. The second kappa shape index (κ2) is 8.27. The van der Waals surface area contributed by atoms with Gasteiger partial charge in [-0.15, -0.1) is 11.3 Å². The molecule has 0 unspecified atom stereocenters. The standard InChI is InChI=1S/C18H17FN4O3S3/c19-14-11-13(1-2-15(14)22-5-4-20-12-22)21-18(24)17-16(3-8-28-17)29(25,26)23-6-9-27-10-7-23/h1-5,8,11-12H,6-7,9-10H2,(H,21,24). The molecule has 2 aromatic heterocycles. The van der Waals surface area contributed by atoms with Gasteiger partial charge >= 0.3 is 0 Å². The Labute approximate surface area is 175 Å². The highest BCUT2D eigenvalue weighted by atomic mass is 32.2. The number of carbonyl (C=O) groups excluding carboxylic acids is 1. The van der Waals surface area contributed by atoms with Gasteiger partial charge < -0.3 is 9.88 Å². The number of benzene rings is 1. The van der Waals surface area contributed by atoms with Crippen LogP contribution in [0, 0.1) is 5.82 Å². The number of hydrogen-bond acceptors (Lipinski definition) is 6. The normalized spacial score (nSPS) is 15.3. The molecule has 0 bridgehead atoms. The van der Waals surface area contributed by atoms with Crippen LogP contribution in [0.25, 0.3) is 5.69 Å². The molecule has 1 saturated heterocycles. The Bertz CT molecular complexity index is 1120. The number of thioether (sulfide) groups is 1. The first-order chi connectivity index (χ1) is 14.0. The molecular weight excluding hydrogens is 435 g/mol. The zero-order valence-corrected chi connectivity index (χ0v) is 17.6. The highest BCUT2D eigenvalue weighted by Crippen LogP contribution is 2.28. The summed E-state index contributed by atoms with van der Waals surface area (Å²) in [7, 11) is -3.75. The van der Waals surface area contributed by atoms with Crippen molar-refractivity contribution in [3.63, 3.8) is 0 Å². The predicted octanol–water partition coefficient (Wildman–Crippen LogP) is 3.06. The summed E-state index contributed by atoms with van der Waals surface area (Å²) in [5.41, 5.74) is 0.533. The van der Waals surface area contributed by atoms with Gasteiger partial charge in [0.2, 0.25) is 10.0 Å². The first-order valence-corrected chi connectivity index (χ1v) is 12.2. The van der Waals surface area contributed by atoms with E-state index in [0.717, 1.165) is 22.8 Å². The minimum absolute atomic E-state index is 0.0117. The van der Waals surface area contributed by atoms with E-state index in [-0.39, 0.29) is 15.5 Å². The topological polar surface area (TPSA) is 84.3 Å². The lowest BCUT2D eigenvalue weighted by molar-refractivity contribution is 0.102. The van der Waals surface area contributed by atoms with Crippen LogP contribution in [0.15, 0.2) is 53.3 Å². The monoisotopic (exact) mass is 452 g/mol. The third-order valence-corrected chi connectivity index (χ3v) is 8.34. The van der Waals surface area contributed by atoms with Gasteiger partial charge in [0.15, 0.2) is 0 Å². The molecule has 152 valence electrons. The molecule has 0 atom stereocenters. The summed E-state index contributed by atoms with van der Waals surface area (Å²) in [6.07, 6.45) is 4.62. The van der Waals surface area contributed by atoms with Crippen LogP contribution < -0.4 is 5.32 Å². The summed E-state index contributed by atoms with van der Waals surface area (Å²) in [5.74, 6) is 0.339. The molecule has 29 heavy (non-hydrogen) atoms. The quantitative estimate of drug-likeness (QED) is 0.643. The van der Waals surface area contributed by atoms with Crippen LogP contribution in [0.4, 0.5) is 10.1 Å². The van der Waals surface area contributed by atoms with Gasteiger partial charge in [0.1, 0.15) is 15.6 Å². The number of nitrogens with zero attached hydrogens (tertiary/aromatic N) is 3. The van der Waals surface area contributed by atoms with Gasteiger partial charge in [-0.1, -0.05) is 0 Å². The van der Waals surface area contributed by atoms with Gasteiger partial charge in [0, 0.05) is 42.7 Å². The van der Waals surface area contributed by atoms with Crippen molar-refractivity contribution in [1.82, 2.24) is 13.9 Å². The first-order valence-electron chi connectivity index (χ1n) is 8.71. The molecular formula is C18H17FN4O3S3. The molecule has 0 spiro atoms. The van der Waals surface area contributed by atoms with Gasteiger partial charge in [-0.05, 0) is 29.6 Å². The van der Waals surface area contributed by atoms with E-state index in [1.807, 2.05) is 0 Å². The fraction of sp³-hybridized carbons (Fsp3) is 0.222. The molecule has 3 heterocycles. The van der Waals surface area contributed by atoms with Crippen molar-refractivity contribution < 1.29 is 17.6 Å². The van der Waals surface area contributed by atoms with Crippen LogP contribution in [-0.2, 0) is 10.0 Å². The van der Waals surface area contributed by atoms with Crippen molar-refractivity contribution in [1.29, 1.82) is 0 Å². The largest absolute Gasteiger partial charge is 0.321 e. The number of carbonyl (C=O) groups is 1. The Hall–Kier alpha value is -2.21. The molecule has 11 heteroatoms. The lowest BCUT2D eigenvalue weighted by Gasteiger charge is -2.25. The number of thiophene rings is 1. The summed E-state index contributed by atoms with van der Waals surface area (Å²) in [6, 6.07) is 5.71. The maximum absolute atomic E-state index is 14.4. The maximum atomic E-state index is 14.4. The Balaban J connectivity index is 1.56. The van der Waals surface area contributed by atoms with Crippen molar-refractivity contribution >= 4 is 44.7 Å². The number of rotatable bonds is 5. The lowest BCUT2D eigenvalue weighted by atomic mass is 10.2. The second-order valence-electron chi connectivity index (χ2n) is 6.22. The van der Waals surface area contributed by atoms with E-state index in [0.29, 0.717) is 18.8 Å². The van der Waals surface area contributed by atoms with E-state index in [9.17, 15) is 17.6 Å². The minimum atomic E-state index is -3.75. The number of hydrogen-bond donors (Lipinski definition) is 1. The van der Waals surface area contributed by atoms with Crippen LogP contribution in [0.2, 0.25) is 0 Å². The van der Waals surface area contributed by atoms with E-state index in [4.69, 9.17) is 0 Å². The molecule has 1 fully saturated rings. The van der Waals surface area contributed by atoms with Gasteiger partial charge in [0.25, 0.3) is 5.91 Å². The Morgan fingerprint density at radius 2 is 2.00 bits per heavy atom. The minimum Gasteiger partial charge on any atom is -0.321 e. The van der Waals surface area contributed by atoms with E-state index in [1.54, 1.807) is 29.4 Å². The summed E-state index contributed by atoms with van der Waals surface area (Å²) < 4.78 is 43.2. The second-order valence-corrected chi connectivity index (χ2v) is 10.3. The highest BCUT2D eigenvalue weighted by Gasteiger charge is 2.31. The number of sulfonamides is 1. The SMILES string of the molecule is O=C(Nc1ccc(-n2ccnc2)c(F)c1)c1sccc1S(=O)(=O)N1CCSCC1. The number of halogens is 1. The fourth-order valence-electron chi connectivity index (χ4n) is 2.98. The predicted molar refractivity (Wildman–Crippen MR) is 112 cm³/mol. The molecule has 4 rings (SSSR count). The van der Waals surface area contributed by atoms with E-state index < -0.39 is 21.7 Å². The van der Waals surface area contributed by atoms with Gasteiger partial charge in [0.05, 0.1) is 12.0 Å². The molecule has 1 aromatic carbocycles. The van der Waals surface area contributed by atoms with Crippen molar-refractivity contribution in [3.05, 3.63) is 59.1 Å². The van der Waals surface area contributed by atoms with Gasteiger partial charge in [-0.3, -0.25) is 4.79 Å². The number of anilines is 1. The highest BCUT2D eigenvalue weighted by molar-refractivity contribution is 7.99. The third kappa shape index (κ3) is 4.08. The first kappa shape index (κ1) is 20.1. The Morgan fingerprint density at radius 1 is 1.21 bits per heavy atom. The number of imidazole rings is 1. The molecule has 1 aliphatic rings. The summed E-state index contributed by atoms with van der Waals surface area (Å²) in [5, 5.41) is 4.17. The maximum Gasteiger partial charge on any atom is 0.267 e.